The number of rotatable bonds is 3. The molecule has 0 aromatic rings. The van der Waals surface area contributed by atoms with Gasteiger partial charge in [0.05, 0.1) is 12.5 Å². The molecule has 5 nitrogen and oxygen atoms in total. The number of piperidine rings is 1. The maximum atomic E-state index is 12.4. The molecule has 5 heteroatoms. The summed E-state index contributed by atoms with van der Waals surface area (Å²) in [4.78, 5) is 25.9. The molecule has 0 bridgehead atoms. The zero-order valence-electron chi connectivity index (χ0n) is 11.8. The van der Waals surface area contributed by atoms with E-state index in [-0.39, 0.29) is 29.8 Å². The van der Waals surface area contributed by atoms with Crippen LogP contribution in [0.25, 0.3) is 0 Å². The number of esters is 1. The van der Waals surface area contributed by atoms with E-state index in [0.717, 1.165) is 25.8 Å². The largest absolute Gasteiger partial charge is 0.466 e. The summed E-state index contributed by atoms with van der Waals surface area (Å²) in [6.07, 6.45) is 2.28. The van der Waals surface area contributed by atoms with Crippen LogP contribution >= 0.6 is 0 Å². The summed E-state index contributed by atoms with van der Waals surface area (Å²) in [5.41, 5.74) is 0. The Morgan fingerprint density at radius 3 is 2.79 bits per heavy atom. The molecule has 2 saturated heterocycles. The molecule has 0 aromatic heterocycles. The number of likely N-dealkylation sites (tertiary alicyclic amines) is 1. The van der Waals surface area contributed by atoms with E-state index in [1.807, 2.05) is 6.92 Å². The first-order valence-corrected chi connectivity index (χ1v) is 7.20. The summed E-state index contributed by atoms with van der Waals surface area (Å²) in [5, 5.41) is 0. The van der Waals surface area contributed by atoms with Crippen molar-refractivity contribution in [3.05, 3.63) is 0 Å². The molecule has 0 spiro atoms. The van der Waals surface area contributed by atoms with E-state index in [1.54, 1.807) is 11.8 Å². The number of carbonyl (C=O) groups excluding carboxylic acids is 2. The first kappa shape index (κ1) is 14.3. The van der Waals surface area contributed by atoms with Crippen LogP contribution < -0.4 is 0 Å². The van der Waals surface area contributed by atoms with Gasteiger partial charge in [0, 0.05) is 19.7 Å². The number of amides is 1. The van der Waals surface area contributed by atoms with Crippen molar-refractivity contribution in [3.63, 3.8) is 0 Å². The van der Waals surface area contributed by atoms with Crippen molar-refractivity contribution in [2.45, 2.75) is 39.2 Å². The normalized spacial score (nSPS) is 31.3. The first-order chi connectivity index (χ1) is 9.13. The minimum absolute atomic E-state index is 0.0407. The molecule has 2 heterocycles. The van der Waals surface area contributed by atoms with Crippen LogP contribution in [0.5, 0.6) is 0 Å². The average Bonchev–Trinajstić information content (AvgIpc) is 2.84. The minimum atomic E-state index is -0.319. The van der Waals surface area contributed by atoms with E-state index in [0.29, 0.717) is 19.8 Å². The zero-order chi connectivity index (χ0) is 13.8. The van der Waals surface area contributed by atoms with Crippen molar-refractivity contribution in [2.24, 2.45) is 11.8 Å². The molecule has 0 saturated carbocycles. The molecule has 3 unspecified atom stereocenters. The van der Waals surface area contributed by atoms with Crippen molar-refractivity contribution < 1.29 is 19.1 Å². The van der Waals surface area contributed by atoms with Crippen molar-refractivity contribution in [1.82, 2.24) is 4.90 Å². The Balaban J connectivity index is 1.93. The van der Waals surface area contributed by atoms with Gasteiger partial charge in [-0.25, -0.2) is 0 Å². The van der Waals surface area contributed by atoms with E-state index in [2.05, 4.69) is 0 Å². The maximum absolute atomic E-state index is 12.4. The molecule has 2 aliphatic rings. The van der Waals surface area contributed by atoms with Gasteiger partial charge in [-0.2, -0.15) is 0 Å². The van der Waals surface area contributed by atoms with Crippen LogP contribution in [0.2, 0.25) is 0 Å². The molecule has 19 heavy (non-hydrogen) atoms. The molecule has 0 radical (unpaired) electrons. The molecule has 2 aliphatic heterocycles. The van der Waals surface area contributed by atoms with Gasteiger partial charge in [-0.15, -0.1) is 0 Å². The smallest absolute Gasteiger partial charge is 0.310 e. The highest BCUT2D eigenvalue weighted by molar-refractivity contribution is 5.82. The fraction of sp³-hybridized carbons (Fsp3) is 0.857. The van der Waals surface area contributed by atoms with Gasteiger partial charge in [0.25, 0.3) is 5.91 Å². The Morgan fingerprint density at radius 1 is 1.37 bits per heavy atom. The lowest BCUT2D eigenvalue weighted by molar-refractivity contribution is -0.153. The summed E-state index contributed by atoms with van der Waals surface area (Å²) >= 11 is 0. The van der Waals surface area contributed by atoms with Gasteiger partial charge < -0.3 is 14.4 Å². The summed E-state index contributed by atoms with van der Waals surface area (Å²) in [5.74, 6) is -0.0378. The zero-order valence-corrected chi connectivity index (χ0v) is 11.8. The second-order valence-electron chi connectivity index (χ2n) is 5.43. The van der Waals surface area contributed by atoms with Crippen molar-refractivity contribution in [1.29, 1.82) is 0 Å². The van der Waals surface area contributed by atoms with Crippen molar-refractivity contribution in [2.75, 3.05) is 26.3 Å². The number of hydrogen-bond donors (Lipinski definition) is 0. The molecule has 1 amide bonds. The van der Waals surface area contributed by atoms with Crippen LogP contribution in [-0.2, 0) is 19.1 Å². The Bertz CT molecular complexity index is 344. The fourth-order valence-corrected chi connectivity index (χ4v) is 2.82. The Hall–Kier alpha value is -1.10. The summed E-state index contributed by atoms with van der Waals surface area (Å²) in [6.45, 7) is 6.10. The summed E-state index contributed by atoms with van der Waals surface area (Å²) in [6, 6.07) is 0. The first-order valence-electron chi connectivity index (χ1n) is 7.20. The quantitative estimate of drug-likeness (QED) is 0.723. The monoisotopic (exact) mass is 269 g/mol. The topological polar surface area (TPSA) is 55.8 Å². The van der Waals surface area contributed by atoms with Crippen LogP contribution in [0.1, 0.15) is 33.1 Å². The standard InChI is InChI=1S/C14H23NO4/c1-3-18-14(17)11-5-4-7-15(9-11)13(16)12-10(2)6-8-19-12/h10-12H,3-9H2,1-2H3. The molecule has 2 rings (SSSR count). The van der Waals surface area contributed by atoms with Gasteiger partial charge in [0.15, 0.2) is 0 Å². The molecule has 0 aliphatic carbocycles. The number of carbonyl (C=O) groups is 2. The fourth-order valence-electron chi connectivity index (χ4n) is 2.82. The van der Waals surface area contributed by atoms with Gasteiger partial charge in [-0.05, 0) is 32.1 Å². The van der Waals surface area contributed by atoms with E-state index < -0.39 is 0 Å². The molecule has 2 fully saturated rings. The molecule has 108 valence electrons. The Kier molecular flexibility index (Phi) is 4.80. The van der Waals surface area contributed by atoms with Crippen LogP contribution in [0.15, 0.2) is 0 Å². The van der Waals surface area contributed by atoms with E-state index in [1.165, 1.54) is 0 Å². The van der Waals surface area contributed by atoms with E-state index in [4.69, 9.17) is 9.47 Å². The van der Waals surface area contributed by atoms with Gasteiger partial charge in [-0.1, -0.05) is 6.92 Å². The maximum Gasteiger partial charge on any atom is 0.310 e. The van der Waals surface area contributed by atoms with E-state index >= 15 is 0 Å². The molecule has 0 aromatic carbocycles. The number of nitrogens with zero attached hydrogens (tertiary/aromatic N) is 1. The molecule has 3 atom stereocenters. The lowest BCUT2D eigenvalue weighted by Gasteiger charge is -2.33. The van der Waals surface area contributed by atoms with Crippen LogP contribution in [0.3, 0.4) is 0 Å². The average molecular weight is 269 g/mol. The van der Waals surface area contributed by atoms with Crippen LogP contribution in [0, 0.1) is 11.8 Å². The molecule has 0 N–H and O–H groups in total. The third-order valence-electron chi connectivity index (χ3n) is 3.98. The predicted octanol–water partition coefficient (Wildman–Crippen LogP) is 1.21. The Labute approximate surface area is 114 Å². The van der Waals surface area contributed by atoms with Gasteiger partial charge in [0.2, 0.25) is 0 Å². The highest BCUT2D eigenvalue weighted by Crippen LogP contribution is 2.25. The summed E-state index contributed by atoms with van der Waals surface area (Å²) < 4.78 is 10.6. The number of hydrogen-bond acceptors (Lipinski definition) is 4. The van der Waals surface area contributed by atoms with Gasteiger partial charge in [-0.3, -0.25) is 9.59 Å². The van der Waals surface area contributed by atoms with Gasteiger partial charge >= 0.3 is 5.97 Å². The second-order valence-corrected chi connectivity index (χ2v) is 5.43. The van der Waals surface area contributed by atoms with Crippen LogP contribution in [0.4, 0.5) is 0 Å². The third kappa shape index (κ3) is 3.26. The van der Waals surface area contributed by atoms with Crippen molar-refractivity contribution in [3.8, 4) is 0 Å². The number of ether oxygens (including phenoxy) is 2. The minimum Gasteiger partial charge on any atom is -0.466 e. The lowest BCUT2D eigenvalue weighted by Crippen LogP contribution is -2.47. The van der Waals surface area contributed by atoms with Gasteiger partial charge in [0.1, 0.15) is 6.10 Å². The highest BCUT2D eigenvalue weighted by atomic mass is 16.5. The summed E-state index contributed by atoms with van der Waals surface area (Å²) in [7, 11) is 0. The predicted molar refractivity (Wildman–Crippen MR) is 69.5 cm³/mol. The highest BCUT2D eigenvalue weighted by Gasteiger charge is 2.37. The molecular formula is C14H23NO4. The van der Waals surface area contributed by atoms with E-state index in [9.17, 15) is 9.59 Å². The molecular weight excluding hydrogens is 246 g/mol. The third-order valence-corrected chi connectivity index (χ3v) is 3.98. The second kappa shape index (κ2) is 6.37. The Morgan fingerprint density at radius 2 is 2.16 bits per heavy atom. The lowest BCUT2D eigenvalue weighted by atomic mass is 9.96. The van der Waals surface area contributed by atoms with Crippen LogP contribution in [-0.4, -0.2) is 49.2 Å². The van der Waals surface area contributed by atoms with Crippen molar-refractivity contribution >= 4 is 11.9 Å². The SMILES string of the molecule is CCOC(=O)C1CCCN(C(=O)C2OCCC2C)C1.